The second-order valence-electron chi connectivity index (χ2n) is 3.72. The van der Waals surface area contributed by atoms with E-state index in [1.54, 1.807) is 12.4 Å². The van der Waals surface area contributed by atoms with E-state index in [4.69, 9.17) is 0 Å². The van der Waals surface area contributed by atoms with E-state index in [0.29, 0.717) is 0 Å². The molecule has 1 rings (SSSR count). The molecule has 0 aliphatic carbocycles. The van der Waals surface area contributed by atoms with Crippen LogP contribution in [0.2, 0.25) is 0 Å². The van der Waals surface area contributed by atoms with Crippen molar-refractivity contribution in [2.75, 3.05) is 0 Å². The summed E-state index contributed by atoms with van der Waals surface area (Å²) < 4.78 is 0. The zero-order chi connectivity index (χ0) is 14.1. The van der Waals surface area contributed by atoms with Gasteiger partial charge >= 0.3 is 0 Å². The van der Waals surface area contributed by atoms with Crippen molar-refractivity contribution in [1.82, 2.24) is 0 Å². The van der Waals surface area contributed by atoms with Gasteiger partial charge in [0.2, 0.25) is 0 Å². The summed E-state index contributed by atoms with van der Waals surface area (Å²) in [7, 11) is 0. The zero-order valence-electron chi connectivity index (χ0n) is 11.4. The van der Waals surface area contributed by atoms with Gasteiger partial charge in [-0.1, -0.05) is 91.1 Å². The summed E-state index contributed by atoms with van der Waals surface area (Å²) in [6.45, 7) is 0. The van der Waals surface area contributed by atoms with Crippen molar-refractivity contribution < 1.29 is 0 Å². The lowest BCUT2D eigenvalue weighted by atomic mass is 10.3. The molecule has 0 spiro atoms. The Bertz CT molecular complexity index is 324. The summed E-state index contributed by atoms with van der Waals surface area (Å²) in [5, 5.41) is 0. The molecule has 20 heavy (non-hydrogen) atoms. The highest BCUT2D eigenvalue weighted by atomic mass is 14.6. The Balaban J connectivity index is 2.67. The number of nitrogens with zero attached hydrogens (tertiary/aromatic N) is 1. The minimum Gasteiger partial charge on any atom is -0.265 e. The van der Waals surface area contributed by atoms with Crippen LogP contribution in [0, 0.1) is 0 Å². The fraction of sp³-hybridized carbons (Fsp3) is 0. The molecule has 0 aromatic carbocycles. The molecular formula is C19H19N. The van der Waals surface area contributed by atoms with Crippen LogP contribution in [-0.4, -0.2) is 6.21 Å². The van der Waals surface area contributed by atoms with E-state index in [-0.39, 0.29) is 0 Å². The minimum atomic E-state index is 1.75. The highest BCUT2D eigenvalue weighted by Gasteiger charge is 1.66. The van der Waals surface area contributed by atoms with Gasteiger partial charge in [-0.25, -0.2) is 0 Å². The van der Waals surface area contributed by atoms with Crippen molar-refractivity contribution in [3.63, 3.8) is 0 Å². The van der Waals surface area contributed by atoms with Crippen molar-refractivity contribution in [2.24, 2.45) is 4.99 Å². The van der Waals surface area contributed by atoms with E-state index in [0.717, 1.165) is 0 Å². The summed E-state index contributed by atoms with van der Waals surface area (Å²) in [5.41, 5.74) is 0. The van der Waals surface area contributed by atoms with Crippen molar-refractivity contribution in [3.8, 4) is 0 Å². The molecule has 1 aliphatic heterocycles. The van der Waals surface area contributed by atoms with Gasteiger partial charge in [0.15, 0.2) is 0 Å². The normalized spacial score (nSPS) is 32.0. The predicted molar refractivity (Wildman–Crippen MR) is 90.8 cm³/mol. The molecule has 0 radical (unpaired) electrons. The van der Waals surface area contributed by atoms with Gasteiger partial charge in [-0.3, -0.25) is 4.99 Å². The van der Waals surface area contributed by atoms with Crippen molar-refractivity contribution in [3.05, 3.63) is 109 Å². The summed E-state index contributed by atoms with van der Waals surface area (Å²) in [5.74, 6) is 0. The molecule has 1 heteroatoms. The summed E-state index contributed by atoms with van der Waals surface area (Å²) in [6.07, 6.45) is 36.9. The minimum absolute atomic E-state index is 1.75. The molecule has 0 saturated carbocycles. The molecule has 1 nitrogen and oxygen atoms in total. The van der Waals surface area contributed by atoms with Gasteiger partial charge in [-0.2, -0.15) is 0 Å². The van der Waals surface area contributed by atoms with Crippen LogP contribution in [0.1, 0.15) is 0 Å². The van der Waals surface area contributed by atoms with E-state index >= 15 is 0 Å². The smallest absolute Gasteiger partial charge is 0.0267 e. The first kappa shape index (κ1) is 15.4. The van der Waals surface area contributed by atoms with Crippen molar-refractivity contribution in [2.45, 2.75) is 0 Å². The highest BCUT2D eigenvalue weighted by Crippen LogP contribution is 1.87. The second kappa shape index (κ2) is 12.8. The Hall–Kier alpha value is -2.67. The lowest BCUT2D eigenvalue weighted by molar-refractivity contribution is 1.59. The fourth-order valence-electron chi connectivity index (χ4n) is 1.21. The van der Waals surface area contributed by atoms with Gasteiger partial charge in [0, 0.05) is 12.4 Å². The number of aliphatic imine (C=N–C) groups is 1. The molecule has 1 aliphatic rings. The SMILES string of the molecule is C1=C\C=C/C=C\C=C/C=C\N=C/C=C\C=C/C=C\C=C/1. The van der Waals surface area contributed by atoms with Crippen molar-refractivity contribution >= 4 is 6.21 Å². The maximum absolute atomic E-state index is 4.11. The Morgan fingerprint density at radius 3 is 1.00 bits per heavy atom. The maximum atomic E-state index is 4.11. The molecule has 0 aromatic heterocycles. The average molecular weight is 261 g/mol. The van der Waals surface area contributed by atoms with Crippen LogP contribution >= 0.6 is 0 Å². The zero-order valence-corrected chi connectivity index (χ0v) is 11.4. The molecule has 0 saturated heterocycles. The molecular weight excluding hydrogens is 242 g/mol. The first-order chi connectivity index (χ1) is 10.0. The predicted octanol–water partition coefficient (Wildman–Crippen LogP) is 5.03. The van der Waals surface area contributed by atoms with E-state index in [2.05, 4.69) is 4.99 Å². The quantitative estimate of drug-likeness (QED) is 0.579. The molecule has 0 N–H and O–H groups in total. The topological polar surface area (TPSA) is 12.4 Å². The first-order valence-corrected chi connectivity index (χ1v) is 6.52. The Morgan fingerprint density at radius 2 is 0.600 bits per heavy atom. The van der Waals surface area contributed by atoms with Crippen LogP contribution in [0.25, 0.3) is 0 Å². The van der Waals surface area contributed by atoms with E-state index in [1.165, 1.54) is 0 Å². The van der Waals surface area contributed by atoms with Crippen LogP contribution in [0.4, 0.5) is 0 Å². The largest absolute Gasteiger partial charge is 0.265 e. The fourth-order valence-corrected chi connectivity index (χ4v) is 1.21. The van der Waals surface area contributed by atoms with Crippen LogP contribution in [-0.2, 0) is 0 Å². The van der Waals surface area contributed by atoms with Gasteiger partial charge in [0.05, 0.1) is 0 Å². The van der Waals surface area contributed by atoms with E-state index in [1.807, 2.05) is 103 Å². The van der Waals surface area contributed by atoms with Crippen LogP contribution in [0.15, 0.2) is 114 Å². The first-order valence-electron chi connectivity index (χ1n) is 6.52. The number of allylic oxidation sites excluding steroid dienone is 17. The van der Waals surface area contributed by atoms with Crippen molar-refractivity contribution in [1.29, 1.82) is 0 Å². The van der Waals surface area contributed by atoms with Gasteiger partial charge < -0.3 is 0 Å². The van der Waals surface area contributed by atoms with E-state index < -0.39 is 0 Å². The van der Waals surface area contributed by atoms with Gasteiger partial charge in [-0.05, 0) is 12.2 Å². The lowest BCUT2D eigenvalue weighted by Gasteiger charge is -1.77. The Kier molecular flexibility index (Phi) is 9.83. The third kappa shape index (κ3) is 10.5. The number of hydrogen-bond donors (Lipinski definition) is 0. The molecule has 0 fully saturated rings. The number of rotatable bonds is 0. The van der Waals surface area contributed by atoms with Gasteiger partial charge in [-0.15, -0.1) is 0 Å². The summed E-state index contributed by atoms with van der Waals surface area (Å²) >= 11 is 0. The Labute approximate surface area is 121 Å². The van der Waals surface area contributed by atoms with Crippen LogP contribution in [0.3, 0.4) is 0 Å². The molecule has 0 aromatic rings. The average Bonchev–Trinajstić information content (AvgIpc) is 2.46. The second-order valence-corrected chi connectivity index (χ2v) is 3.72. The maximum Gasteiger partial charge on any atom is 0.0267 e. The van der Waals surface area contributed by atoms with Crippen LogP contribution in [0.5, 0.6) is 0 Å². The molecule has 0 unspecified atom stereocenters. The van der Waals surface area contributed by atoms with Crippen LogP contribution < -0.4 is 0 Å². The van der Waals surface area contributed by atoms with Gasteiger partial charge in [0.1, 0.15) is 0 Å². The third-order valence-electron chi connectivity index (χ3n) is 2.12. The summed E-state index contributed by atoms with van der Waals surface area (Å²) in [4.78, 5) is 4.11. The molecule has 100 valence electrons. The monoisotopic (exact) mass is 261 g/mol. The molecule has 0 atom stereocenters. The Morgan fingerprint density at radius 1 is 0.300 bits per heavy atom. The molecule has 0 amide bonds. The number of hydrogen-bond acceptors (Lipinski definition) is 1. The molecule has 0 bridgehead atoms. The highest BCUT2D eigenvalue weighted by molar-refractivity contribution is 5.72. The third-order valence-corrected chi connectivity index (χ3v) is 2.12. The van der Waals surface area contributed by atoms with Gasteiger partial charge in [0.25, 0.3) is 0 Å². The molecule has 1 heterocycles. The van der Waals surface area contributed by atoms with E-state index in [9.17, 15) is 0 Å². The standard InChI is InChI=1S/C19H19N/c1-2-4-6-8-10-12-14-16-18-20-19-17-15-13-11-9-7-5-3-1/h1-19H/b2-1-,3-1?,4-2?,5-3-,6-4-,7-5?,8-6?,9-7-,10-8-,11-9?,12-10?,13-11-,14-12-,15-13?,16-14?,17-15-,18-16-,19-17?,20-18?,20-19-. The lowest BCUT2D eigenvalue weighted by Crippen LogP contribution is -1.60. The summed E-state index contributed by atoms with van der Waals surface area (Å²) in [6, 6.07) is 0.